The van der Waals surface area contributed by atoms with Gasteiger partial charge in [-0.2, -0.15) is 0 Å². The Hall–Kier alpha value is -1.35. The lowest BCUT2D eigenvalue weighted by molar-refractivity contribution is 0.0954. The first kappa shape index (κ1) is 11.7. The molecule has 1 rings (SSSR count). The van der Waals surface area contributed by atoms with Gasteiger partial charge < -0.3 is 10.6 Å². The van der Waals surface area contributed by atoms with Gasteiger partial charge in [0.1, 0.15) is 0 Å². The summed E-state index contributed by atoms with van der Waals surface area (Å²) in [6.45, 7) is 5.44. The highest BCUT2D eigenvalue weighted by atomic mass is 16.1. The van der Waals surface area contributed by atoms with Crippen LogP contribution >= 0.6 is 0 Å². The van der Waals surface area contributed by atoms with Crippen LogP contribution in [0.3, 0.4) is 0 Å². The quantitative estimate of drug-likeness (QED) is 0.728. The normalized spacial score (nSPS) is 10.1. The third-order valence-electron chi connectivity index (χ3n) is 2.14. The molecule has 1 aromatic carbocycles. The number of hydrogen-bond acceptors (Lipinski definition) is 2. The van der Waals surface area contributed by atoms with Crippen LogP contribution in [0.1, 0.15) is 21.5 Å². The summed E-state index contributed by atoms with van der Waals surface area (Å²) in [5.41, 5.74) is 2.98. The van der Waals surface area contributed by atoms with Crippen molar-refractivity contribution in [3.8, 4) is 0 Å². The molecule has 82 valence electrons. The number of carbonyl (C=O) groups is 1. The Balaban J connectivity index is 2.65. The van der Waals surface area contributed by atoms with E-state index in [-0.39, 0.29) is 5.91 Å². The van der Waals surface area contributed by atoms with Gasteiger partial charge in [0.25, 0.3) is 5.91 Å². The number of amides is 1. The summed E-state index contributed by atoms with van der Waals surface area (Å²) in [4.78, 5) is 11.7. The van der Waals surface area contributed by atoms with Crippen molar-refractivity contribution in [2.75, 3.05) is 20.1 Å². The van der Waals surface area contributed by atoms with E-state index in [1.165, 1.54) is 0 Å². The molecule has 3 nitrogen and oxygen atoms in total. The van der Waals surface area contributed by atoms with Gasteiger partial charge in [0.2, 0.25) is 0 Å². The Morgan fingerprint density at radius 2 is 1.73 bits per heavy atom. The van der Waals surface area contributed by atoms with Gasteiger partial charge in [-0.15, -0.1) is 0 Å². The molecule has 0 heterocycles. The fraction of sp³-hybridized carbons (Fsp3) is 0.417. The lowest BCUT2D eigenvalue weighted by Crippen LogP contribution is -2.30. The minimum Gasteiger partial charge on any atom is -0.351 e. The molecule has 0 unspecified atom stereocenters. The van der Waals surface area contributed by atoms with Gasteiger partial charge in [0.15, 0.2) is 0 Å². The predicted molar refractivity (Wildman–Crippen MR) is 62.2 cm³/mol. The van der Waals surface area contributed by atoms with Crippen LogP contribution < -0.4 is 10.6 Å². The predicted octanol–water partition coefficient (Wildman–Crippen LogP) is 1.25. The maximum atomic E-state index is 11.7. The van der Waals surface area contributed by atoms with E-state index in [1.807, 2.05) is 33.0 Å². The molecule has 0 atom stereocenters. The molecule has 0 spiro atoms. The lowest BCUT2D eigenvalue weighted by atomic mass is 10.1. The van der Waals surface area contributed by atoms with E-state index in [0.29, 0.717) is 6.54 Å². The summed E-state index contributed by atoms with van der Waals surface area (Å²) in [7, 11) is 1.86. The SMILES string of the molecule is CNCCNC(=O)c1cc(C)cc(C)c1. The Kier molecular flexibility index (Phi) is 4.31. The van der Waals surface area contributed by atoms with E-state index in [4.69, 9.17) is 0 Å². The largest absolute Gasteiger partial charge is 0.351 e. The molecule has 3 heteroatoms. The number of nitrogens with one attached hydrogen (secondary N) is 2. The molecular formula is C12H18N2O. The number of rotatable bonds is 4. The number of hydrogen-bond donors (Lipinski definition) is 2. The van der Waals surface area contributed by atoms with Crippen LogP contribution in [-0.4, -0.2) is 26.0 Å². The summed E-state index contributed by atoms with van der Waals surface area (Å²) in [6, 6.07) is 5.87. The average Bonchev–Trinajstić information content (AvgIpc) is 2.16. The van der Waals surface area contributed by atoms with Crippen molar-refractivity contribution < 1.29 is 4.79 Å². The monoisotopic (exact) mass is 206 g/mol. The number of carbonyl (C=O) groups excluding carboxylic acids is 1. The van der Waals surface area contributed by atoms with Gasteiger partial charge in [-0.1, -0.05) is 17.2 Å². The van der Waals surface area contributed by atoms with Crippen LogP contribution in [0, 0.1) is 13.8 Å². The van der Waals surface area contributed by atoms with Gasteiger partial charge >= 0.3 is 0 Å². The van der Waals surface area contributed by atoms with Gasteiger partial charge in [-0.3, -0.25) is 4.79 Å². The zero-order valence-electron chi connectivity index (χ0n) is 9.55. The topological polar surface area (TPSA) is 41.1 Å². The second kappa shape index (κ2) is 5.51. The first-order valence-electron chi connectivity index (χ1n) is 5.14. The zero-order valence-corrected chi connectivity index (χ0v) is 9.55. The van der Waals surface area contributed by atoms with Crippen LogP contribution in [0.5, 0.6) is 0 Å². The van der Waals surface area contributed by atoms with Crippen LogP contribution in [0.2, 0.25) is 0 Å². The Morgan fingerprint density at radius 3 is 2.27 bits per heavy atom. The molecule has 0 saturated carbocycles. The molecule has 1 amide bonds. The van der Waals surface area contributed by atoms with E-state index in [9.17, 15) is 4.79 Å². The van der Waals surface area contributed by atoms with Crippen molar-refractivity contribution in [1.29, 1.82) is 0 Å². The molecular weight excluding hydrogens is 188 g/mol. The van der Waals surface area contributed by atoms with Crippen molar-refractivity contribution in [2.45, 2.75) is 13.8 Å². The van der Waals surface area contributed by atoms with Crippen molar-refractivity contribution >= 4 is 5.91 Å². The van der Waals surface area contributed by atoms with Crippen molar-refractivity contribution in [3.05, 3.63) is 34.9 Å². The van der Waals surface area contributed by atoms with Crippen LogP contribution in [-0.2, 0) is 0 Å². The Morgan fingerprint density at radius 1 is 1.13 bits per heavy atom. The molecule has 0 aliphatic carbocycles. The lowest BCUT2D eigenvalue weighted by Gasteiger charge is -2.06. The minimum absolute atomic E-state index is 0.00273. The van der Waals surface area contributed by atoms with E-state index in [1.54, 1.807) is 0 Å². The summed E-state index contributed by atoms with van der Waals surface area (Å²) in [6.07, 6.45) is 0. The molecule has 0 aromatic heterocycles. The van der Waals surface area contributed by atoms with Gasteiger partial charge in [0, 0.05) is 18.7 Å². The molecule has 0 aliphatic rings. The van der Waals surface area contributed by atoms with E-state index < -0.39 is 0 Å². The third kappa shape index (κ3) is 3.72. The molecule has 2 N–H and O–H groups in total. The molecule has 0 aliphatic heterocycles. The first-order chi connectivity index (χ1) is 7.13. The summed E-state index contributed by atoms with van der Waals surface area (Å²) in [5, 5.41) is 5.84. The van der Waals surface area contributed by atoms with Crippen molar-refractivity contribution in [3.63, 3.8) is 0 Å². The Labute approximate surface area is 90.9 Å². The van der Waals surface area contributed by atoms with Gasteiger partial charge in [-0.05, 0) is 33.0 Å². The minimum atomic E-state index is -0.00273. The fourth-order valence-corrected chi connectivity index (χ4v) is 1.51. The highest BCUT2D eigenvalue weighted by Crippen LogP contribution is 2.08. The summed E-state index contributed by atoms with van der Waals surface area (Å²) >= 11 is 0. The van der Waals surface area contributed by atoms with Crippen LogP contribution in [0.15, 0.2) is 18.2 Å². The van der Waals surface area contributed by atoms with E-state index in [2.05, 4.69) is 16.7 Å². The van der Waals surface area contributed by atoms with Crippen molar-refractivity contribution in [1.82, 2.24) is 10.6 Å². The molecule has 1 aromatic rings. The number of benzene rings is 1. The van der Waals surface area contributed by atoms with E-state index in [0.717, 1.165) is 23.2 Å². The molecule has 0 saturated heterocycles. The van der Waals surface area contributed by atoms with Crippen LogP contribution in [0.4, 0.5) is 0 Å². The summed E-state index contributed by atoms with van der Waals surface area (Å²) < 4.78 is 0. The van der Waals surface area contributed by atoms with E-state index >= 15 is 0 Å². The number of likely N-dealkylation sites (N-methyl/N-ethyl adjacent to an activating group) is 1. The van der Waals surface area contributed by atoms with Gasteiger partial charge in [-0.25, -0.2) is 0 Å². The van der Waals surface area contributed by atoms with Gasteiger partial charge in [0.05, 0.1) is 0 Å². The fourth-order valence-electron chi connectivity index (χ4n) is 1.51. The first-order valence-corrected chi connectivity index (χ1v) is 5.14. The molecule has 0 bridgehead atoms. The maximum Gasteiger partial charge on any atom is 0.251 e. The smallest absolute Gasteiger partial charge is 0.251 e. The van der Waals surface area contributed by atoms with Crippen molar-refractivity contribution in [2.24, 2.45) is 0 Å². The average molecular weight is 206 g/mol. The van der Waals surface area contributed by atoms with Crippen LogP contribution in [0.25, 0.3) is 0 Å². The third-order valence-corrected chi connectivity index (χ3v) is 2.14. The Bertz CT molecular complexity index is 327. The molecule has 15 heavy (non-hydrogen) atoms. The summed E-state index contributed by atoms with van der Waals surface area (Å²) in [5.74, 6) is -0.00273. The highest BCUT2D eigenvalue weighted by molar-refractivity contribution is 5.94. The second-order valence-electron chi connectivity index (χ2n) is 3.74. The molecule has 0 radical (unpaired) electrons. The number of aryl methyl sites for hydroxylation is 2. The maximum absolute atomic E-state index is 11.7. The molecule has 0 fully saturated rings. The standard InChI is InChI=1S/C12H18N2O/c1-9-6-10(2)8-11(7-9)12(15)14-5-4-13-3/h6-8,13H,4-5H2,1-3H3,(H,14,15). The second-order valence-corrected chi connectivity index (χ2v) is 3.74. The zero-order chi connectivity index (χ0) is 11.3. The highest BCUT2D eigenvalue weighted by Gasteiger charge is 2.05.